The van der Waals surface area contributed by atoms with E-state index < -0.39 is 0 Å². The minimum atomic E-state index is -0.191. The topological polar surface area (TPSA) is 42.0 Å². The van der Waals surface area contributed by atoms with Gasteiger partial charge in [-0.2, -0.15) is 0 Å². The van der Waals surface area contributed by atoms with E-state index in [-0.39, 0.29) is 5.91 Å². The normalized spacial score (nSPS) is 10.9. The van der Waals surface area contributed by atoms with Gasteiger partial charge in [0.15, 0.2) is 0 Å². The number of para-hydroxylation sites is 1. The summed E-state index contributed by atoms with van der Waals surface area (Å²) in [6.07, 6.45) is 0. The monoisotopic (exact) mass is 412 g/mol. The predicted molar refractivity (Wildman–Crippen MR) is 113 cm³/mol. The highest BCUT2D eigenvalue weighted by atomic mass is 35.5. The van der Waals surface area contributed by atoms with Crippen LogP contribution in [0.3, 0.4) is 0 Å². The molecule has 0 saturated carbocycles. The van der Waals surface area contributed by atoms with Crippen molar-refractivity contribution in [2.45, 2.75) is 6.54 Å². The lowest BCUT2D eigenvalue weighted by atomic mass is 10.1. The lowest BCUT2D eigenvalue weighted by molar-refractivity contribution is 0.0951. The van der Waals surface area contributed by atoms with Crippen molar-refractivity contribution in [1.29, 1.82) is 0 Å². The molecule has 0 bridgehead atoms. The highest BCUT2D eigenvalue weighted by Gasteiger charge is 2.09. The lowest BCUT2D eigenvalue weighted by Gasteiger charge is -2.07. The Bertz CT molecular complexity index is 1090. The number of amides is 1. The summed E-state index contributed by atoms with van der Waals surface area (Å²) in [6, 6.07) is 21.0. The number of fused-ring (bicyclic) bond motifs is 1. The number of thiazole rings is 1. The van der Waals surface area contributed by atoms with E-state index in [0.29, 0.717) is 22.2 Å². The molecule has 0 spiro atoms. The van der Waals surface area contributed by atoms with Crippen LogP contribution in [-0.2, 0) is 6.54 Å². The van der Waals surface area contributed by atoms with Crippen LogP contribution in [0.15, 0.2) is 66.7 Å². The zero-order valence-electron chi connectivity index (χ0n) is 14.1. The highest BCUT2D eigenvalue weighted by molar-refractivity contribution is 7.21. The lowest BCUT2D eigenvalue weighted by Crippen LogP contribution is -2.22. The molecule has 6 heteroatoms. The molecule has 3 nitrogen and oxygen atoms in total. The second-order valence-corrected chi connectivity index (χ2v) is 7.84. The number of halogens is 2. The molecule has 134 valence electrons. The molecule has 0 aliphatic carbocycles. The van der Waals surface area contributed by atoms with Gasteiger partial charge < -0.3 is 5.32 Å². The Morgan fingerprint density at radius 3 is 2.48 bits per heavy atom. The van der Waals surface area contributed by atoms with Gasteiger partial charge in [0.25, 0.3) is 5.91 Å². The van der Waals surface area contributed by atoms with E-state index in [1.54, 1.807) is 29.5 Å². The van der Waals surface area contributed by atoms with Crippen LogP contribution in [0.4, 0.5) is 0 Å². The van der Waals surface area contributed by atoms with Crippen LogP contribution in [0.2, 0.25) is 10.0 Å². The molecule has 4 rings (SSSR count). The summed E-state index contributed by atoms with van der Waals surface area (Å²) in [4.78, 5) is 16.9. The molecular formula is C21H14Cl2N2OS. The fraction of sp³-hybridized carbons (Fsp3) is 0.0476. The number of hydrogen-bond donors (Lipinski definition) is 1. The van der Waals surface area contributed by atoms with Gasteiger partial charge in [0.2, 0.25) is 0 Å². The molecule has 0 aliphatic rings. The Morgan fingerprint density at radius 2 is 1.74 bits per heavy atom. The number of rotatable bonds is 4. The Kier molecular flexibility index (Phi) is 5.12. The van der Waals surface area contributed by atoms with Gasteiger partial charge >= 0.3 is 0 Å². The molecule has 0 saturated heterocycles. The first kappa shape index (κ1) is 18.0. The first-order valence-electron chi connectivity index (χ1n) is 8.28. The minimum absolute atomic E-state index is 0.191. The van der Waals surface area contributed by atoms with Crippen molar-refractivity contribution in [3.63, 3.8) is 0 Å². The molecule has 1 heterocycles. The van der Waals surface area contributed by atoms with Crippen LogP contribution < -0.4 is 5.32 Å². The van der Waals surface area contributed by atoms with Crippen molar-refractivity contribution in [3.8, 4) is 10.6 Å². The third-order valence-corrected chi connectivity index (χ3v) is 5.95. The number of nitrogens with zero attached hydrogens (tertiary/aromatic N) is 1. The molecular weight excluding hydrogens is 399 g/mol. The van der Waals surface area contributed by atoms with Crippen LogP contribution in [0, 0.1) is 0 Å². The summed E-state index contributed by atoms with van der Waals surface area (Å²) in [5, 5.41) is 4.67. The Morgan fingerprint density at radius 1 is 0.963 bits per heavy atom. The van der Waals surface area contributed by atoms with Gasteiger partial charge in [-0.1, -0.05) is 59.6 Å². The van der Waals surface area contributed by atoms with Crippen LogP contribution in [-0.4, -0.2) is 10.9 Å². The molecule has 1 aromatic heterocycles. The van der Waals surface area contributed by atoms with Crippen LogP contribution in [0.25, 0.3) is 20.8 Å². The van der Waals surface area contributed by atoms with Gasteiger partial charge in [0.1, 0.15) is 5.01 Å². The second kappa shape index (κ2) is 7.69. The summed E-state index contributed by atoms with van der Waals surface area (Å²) in [5.41, 5.74) is 3.56. The molecule has 0 unspecified atom stereocenters. The number of nitrogens with one attached hydrogen (secondary N) is 1. The van der Waals surface area contributed by atoms with Gasteiger partial charge in [-0.25, -0.2) is 4.98 Å². The molecule has 1 amide bonds. The second-order valence-electron chi connectivity index (χ2n) is 6.00. The van der Waals surface area contributed by atoms with E-state index in [2.05, 4.69) is 16.4 Å². The minimum Gasteiger partial charge on any atom is -0.348 e. The predicted octanol–water partition coefficient (Wildman–Crippen LogP) is 6.20. The molecule has 0 atom stereocenters. The third kappa shape index (κ3) is 3.98. The first-order valence-corrected chi connectivity index (χ1v) is 9.85. The Balaban J connectivity index is 1.44. The molecule has 4 aromatic rings. The van der Waals surface area contributed by atoms with Crippen molar-refractivity contribution < 1.29 is 4.79 Å². The average molecular weight is 413 g/mol. The number of benzene rings is 3. The number of hydrogen-bond acceptors (Lipinski definition) is 3. The van der Waals surface area contributed by atoms with E-state index in [1.165, 1.54) is 4.70 Å². The van der Waals surface area contributed by atoms with Crippen LogP contribution >= 0.6 is 34.5 Å². The van der Waals surface area contributed by atoms with Crippen LogP contribution in [0.1, 0.15) is 15.9 Å². The van der Waals surface area contributed by atoms with Crippen molar-refractivity contribution in [2.24, 2.45) is 0 Å². The first-order chi connectivity index (χ1) is 13.1. The SMILES string of the molecule is O=C(NCc1ccc(-c2nc3ccccc3s2)cc1)c1ccc(Cl)c(Cl)c1. The summed E-state index contributed by atoms with van der Waals surface area (Å²) in [7, 11) is 0. The van der Waals surface area contributed by atoms with Crippen molar-refractivity contribution in [3.05, 3.63) is 87.9 Å². The fourth-order valence-corrected chi connectivity index (χ4v) is 3.95. The van der Waals surface area contributed by atoms with Gasteiger partial charge in [-0.05, 0) is 35.9 Å². The zero-order valence-corrected chi connectivity index (χ0v) is 16.4. The van der Waals surface area contributed by atoms with Crippen LogP contribution in [0.5, 0.6) is 0 Å². The van der Waals surface area contributed by atoms with Gasteiger partial charge in [0, 0.05) is 17.7 Å². The average Bonchev–Trinajstić information content (AvgIpc) is 3.13. The number of carbonyl (C=O) groups is 1. The maximum Gasteiger partial charge on any atom is 0.251 e. The Hall–Kier alpha value is -2.40. The van der Waals surface area contributed by atoms with Crippen molar-refractivity contribution >= 4 is 50.7 Å². The third-order valence-electron chi connectivity index (χ3n) is 4.13. The number of aromatic nitrogens is 1. The van der Waals surface area contributed by atoms with Crippen molar-refractivity contribution in [2.75, 3.05) is 0 Å². The summed E-state index contributed by atoms with van der Waals surface area (Å²) < 4.78 is 1.17. The largest absolute Gasteiger partial charge is 0.348 e. The fourth-order valence-electron chi connectivity index (χ4n) is 2.68. The van der Waals surface area contributed by atoms with E-state index in [1.807, 2.05) is 42.5 Å². The maximum absolute atomic E-state index is 12.2. The van der Waals surface area contributed by atoms with E-state index >= 15 is 0 Å². The summed E-state index contributed by atoms with van der Waals surface area (Å²) >= 11 is 13.5. The molecule has 3 aromatic carbocycles. The molecule has 0 fully saturated rings. The van der Waals surface area contributed by atoms with E-state index in [4.69, 9.17) is 23.2 Å². The quantitative estimate of drug-likeness (QED) is 0.433. The number of carbonyl (C=O) groups excluding carboxylic acids is 1. The highest BCUT2D eigenvalue weighted by Crippen LogP contribution is 2.30. The maximum atomic E-state index is 12.2. The van der Waals surface area contributed by atoms with Gasteiger partial charge in [-0.3, -0.25) is 4.79 Å². The Labute approximate surface area is 170 Å². The van der Waals surface area contributed by atoms with E-state index in [0.717, 1.165) is 21.7 Å². The molecule has 1 N–H and O–H groups in total. The summed E-state index contributed by atoms with van der Waals surface area (Å²) in [5.74, 6) is -0.191. The van der Waals surface area contributed by atoms with Gasteiger partial charge in [0.05, 0.1) is 20.3 Å². The summed E-state index contributed by atoms with van der Waals surface area (Å²) in [6.45, 7) is 0.430. The molecule has 27 heavy (non-hydrogen) atoms. The van der Waals surface area contributed by atoms with E-state index in [9.17, 15) is 4.79 Å². The standard InChI is InChI=1S/C21H14Cl2N2OS/c22-16-10-9-15(11-17(16)23)20(26)24-12-13-5-7-14(8-6-13)21-25-18-3-1-2-4-19(18)27-21/h1-11H,12H2,(H,24,26). The molecule has 0 radical (unpaired) electrons. The molecule has 0 aliphatic heterocycles. The zero-order chi connectivity index (χ0) is 18.8. The van der Waals surface area contributed by atoms with Crippen molar-refractivity contribution in [1.82, 2.24) is 10.3 Å². The smallest absolute Gasteiger partial charge is 0.251 e. The van der Waals surface area contributed by atoms with Gasteiger partial charge in [-0.15, -0.1) is 11.3 Å².